The summed E-state index contributed by atoms with van der Waals surface area (Å²) >= 11 is 0. The first-order valence-corrected chi connectivity index (χ1v) is 8.66. The fraction of sp³-hybridized carbons (Fsp3) is 0.136. The highest BCUT2D eigenvalue weighted by atomic mass is 16.2. The van der Waals surface area contributed by atoms with Gasteiger partial charge in [-0.2, -0.15) is 0 Å². The van der Waals surface area contributed by atoms with E-state index in [1.54, 1.807) is 0 Å². The first kappa shape index (κ1) is 14.3. The molecule has 2 aliphatic rings. The Bertz CT molecular complexity index is 965. The molecule has 3 aromatic carbocycles. The summed E-state index contributed by atoms with van der Waals surface area (Å²) < 4.78 is 0. The Morgan fingerprint density at radius 2 is 1.68 bits per heavy atom. The van der Waals surface area contributed by atoms with E-state index in [2.05, 4.69) is 47.8 Å². The van der Waals surface area contributed by atoms with Crippen LogP contribution in [-0.4, -0.2) is 17.4 Å². The zero-order valence-corrected chi connectivity index (χ0v) is 13.8. The van der Waals surface area contributed by atoms with E-state index < -0.39 is 0 Å². The maximum absolute atomic E-state index is 12.8. The zero-order valence-electron chi connectivity index (χ0n) is 13.8. The van der Waals surface area contributed by atoms with E-state index in [-0.39, 0.29) is 12.1 Å². The summed E-state index contributed by atoms with van der Waals surface area (Å²) in [7, 11) is 0. The van der Waals surface area contributed by atoms with Crippen LogP contribution in [0.2, 0.25) is 0 Å². The molecule has 1 unspecified atom stereocenters. The van der Waals surface area contributed by atoms with Crippen LogP contribution in [0.15, 0.2) is 72.8 Å². The topological polar surface area (TPSA) is 32.3 Å². The van der Waals surface area contributed by atoms with E-state index in [0.717, 1.165) is 24.2 Å². The van der Waals surface area contributed by atoms with E-state index in [9.17, 15) is 4.79 Å². The smallest absolute Gasteiger partial charge is 0.257 e. The van der Waals surface area contributed by atoms with Crippen molar-refractivity contribution in [2.45, 2.75) is 12.6 Å². The Morgan fingerprint density at radius 1 is 0.880 bits per heavy atom. The third kappa shape index (κ3) is 2.23. The van der Waals surface area contributed by atoms with Crippen LogP contribution >= 0.6 is 0 Å². The van der Waals surface area contributed by atoms with Crippen LogP contribution in [0.25, 0.3) is 11.1 Å². The Morgan fingerprint density at radius 3 is 2.56 bits per heavy atom. The quantitative estimate of drug-likeness (QED) is 0.715. The highest BCUT2D eigenvalue weighted by molar-refractivity contribution is 6.02. The molecule has 1 atom stereocenters. The largest absolute Gasteiger partial charge is 0.361 e. The Hall–Kier alpha value is -3.07. The van der Waals surface area contributed by atoms with Gasteiger partial charge in [0.05, 0.1) is 5.56 Å². The Labute approximate surface area is 146 Å². The van der Waals surface area contributed by atoms with Crippen molar-refractivity contribution in [2.24, 2.45) is 0 Å². The molecule has 3 aromatic rings. The second kappa shape index (κ2) is 5.49. The molecule has 5 rings (SSSR count). The third-order valence-corrected chi connectivity index (χ3v) is 5.19. The number of hydrogen-bond donors (Lipinski definition) is 1. The van der Waals surface area contributed by atoms with Crippen molar-refractivity contribution in [3.8, 4) is 11.1 Å². The minimum absolute atomic E-state index is 0.0732. The zero-order chi connectivity index (χ0) is 16.8. The highest BCUT2D eigenvalue weighted by Gasteiger charge is 2.36. The molecule has 3 nitrogen and oxygen atoms in total. The minimum atomic E-state index is -0.0732. The molecule has 1 amide bonds. The molecule has 0 radical (unpaired) electrons. The number of benzene rings is 3. The summed E-state index contributed by atoms with van der Waals surface area (Å²) in [6.45, 7) is 0.746. The van der Waals surface area contributed by atoms with Gasteiger partial charge in [-0.25, -0.2) is 0 Å². The first-order valence-electron chi connectivity index (χ1n) is 8.66. The van der Waals surface area contributed by atoms with Gasteiger partial charge in [-0.15, -0.1) is 0 Å². The molecule has 1 N–H and O–H groups in total. The normalized spacial score (nSPS) is 18.0. The van der Waals surface area contributed by atoms with Crippen LogP contribution in [0, 0.1) is 0 Å². The molecule has 0 bridgehead atoms. The molecule has 2 heterocycles. The van der Waals surface area contributed by atoms with Gasteiger partial charge in [0.1, 0.15) is 6.17 Å². The van der Waals surface area contributed by atoms with Crippen molar-refractivity contribution < 1.29 is 4.79 Å². The maximum atomic E-state index is 12.8. The van der Waals surface area contributed by atoms with Crippen molar-refractivity contribution in [3.63, 3.8) is 0 Å². The number of fused-ring (bicyclic) bond motifs is 4. The standard InChI is InChI=1S/C22H18N2O/c25-22-19-8-4-5-9-20(19)23-21-18-11-10-16(15-6-2-1-3-7-15)14-17(18)12-13-24(21)22/h1-11,14,21,23H,12-13H2. The van der Waals surface area contributed by atoms with Gasteiger partial charge in [0.15, 0.2) is 0 Å². The van der Waals surface area contributed by atoms with Gasteiger partial charge in [0.2, 0.25) is 0 Å². The predicted molar refractivity (Wildman–Crippen MR) is 99.4 cm³/mol. The predicted octanol–water partition coefficient (Wildman–Crippen LogP) is 4.48. The average Bonchev–Trinajstić information content (AvgIpc) is 2.68. The number of nitrogens with one attached hydrogen (secondary N) is 1. The number of amides is 1. The molecule has 0 aliphatic carbocycles. The first-order chi connectivity index (χ1) is 12.3. The molecule has 122 valence electrons. The molecule has 0 spiro atoms. The average molecular weight is 326 g/mol. The summed E-state index contributed by atoms with van der Waals surface area (Å²) in [4.78, 5) is 14.8. The summed E-state index contributed by atoms with van der Waals surface area (Å²) in [5, 5.41) is 3.55. The van der Waals surface area contributed by atoms with Gasteiger partial charge in [-0.3, -0.25) is 4.79 Å². The second-order valence-corrected chi connectivity index (χ2v) is 6.62. The van der Waals surface area contributed by atoms with Gasteiger partial charge in [0.25, 0.3) is 5.91 Å². The van der Waals surface area contributed by atoms with Gasteiger partial charge in [-0.1, -0.05) is 60.7 Å². The van der Waals surface area contributed by atoms with Crippen LogP contribution in [0.3, 0.4) is 0 Å². The molecule has 0 saturated carbocycles. The van der Waals surface area contributed by atoms with Gasteiger partial charge < -0.3 is 10.2 Å². The van der Waals surface area contributed by atoms with Gasteiger partial charge >= 0.3 is 0 Å². The molecule has 3 heteroatoms. The van der Waals surface area contributed by atoms with E-state index in [0.29, 0.717) is 0 Å². The number of para-hydroxylation sites is 1. The molecule has 2 aliphatic heterocycles. The molecular formula is C22H18N2O. The molecule has 0 saturated heterocycles. The lowest BCUT2D eigenvalue weighted by Gasteiger charge is -2.42. The fourth-order valence-electron chi connectivity index (χ4n) is 3.91. The van der Waals surface area contributed by atoms with Crippen molar-refractivity contribution in [2.75, 3.05) is 11.9 Å². The number of nitrogens with zero attached hydrogens (tertiary/aromatic N) is 1. The van der Waals surface area contributed by atoms with Crippen LogP contribution < -0.4 is 5.32 Å². The maximum Gasteiger partial charge on any atom is 0.257 e. The number of anilines is 1. The summed E-state index contributed by atoms with van der Waals surface area (Å²) in [6, 6.07) is 24.8. The van der Waals surface area contributed by atoms with Crippen LogP contribution in [0.4, 0.5) is 5.69 Å². The Kier molecular flexibility index (Phi) is 3.14. The molecule has 0 fully saturated rings. The Balaban J connectivity index is 1.57. The lowest BCUT2D eigenvalue weighted by molar-refractivity contribution is 0.0670. The summed E-state index contributed by atoms with van der Waals surface area (Å²) in [5.74, 6) is 0.122. The highest BCUT2D eigenvalue weighted by Crippen LogP contribution is 2.38. The lowest BCUT2D eigenvalue weighted by Crippen LogP contribution is -2.46. The number of carbonyl (C=O) groups is 1. The SMILES string of the molecule is O=C1c2ccccc2NC2c3ccc(-c4ccccc4)cc3CCN12. The molecule has 0 aromatic heterocycles. The number of hydrogen-bond acceptors (Lipinski definition) is 2. The number of carbonyl (C=O) groups excluding carboxylic acids is 1. The van der Waals surface area contributed by atoms with Gasteiger partial charge in [0, 0.05) is 12.2 Å². The lowest BCUT2D eigenvalue weighted by atomic mass is 9.90. The molecular weight excluding hydrogens is 308 g/mol. The van der Waals surface area contributed by atoms with Crippen molar-refractivity contribution in [1.82, 2.24) is 4.90 Å². The monoisotopic (exact) mass is 326 g/mol. The van der Waals surface area contributed by atoms with Crippen LogP contribution in [0.5, 0.6) is 0 Å². The summed E-state index contributed by atoms with van der Waals surface area (Å²) in [6.07, 6.45) is 0.818. The number of rotatable bonds is 1. The van der Waals surface area contributed by atoms with E-state index in [4.69, 9.17) is 0 Å². The third-order valence-electron chi connectivity index (χ3n) is 5.19. The van der Waals surface area contributed by atoms with Crippen LogP contribution in [-0.2, 0) is 6.42 Å². The van der Waals surface area contributed by atoms with E-state index in [1.807, 2.05) is 35.2 Å². The summed E-state index contributed by atoms with van der Waals surface area (Å²) in [5.41, 5.74) is 6.68. The van der Waals surface area contributed by atoms with Crippen molar-refractivity contribution in [3.05, 3.63) is 89.5 Å². The van der Waals surface area contributed by atoms with Crippen molar-refractivity contribution in [1.29, 1.82) is 0 Å². The van der Waals surface area contributed by atoms with Crippen molar-refractivity contribution >= 4 is 11.6 Å². The van der Waals surface area contributed by atoms with Crippen LogP contribution in [0.1, 0.15) is 27.7 Å². The van der Waals surface area contributed by atoms with E-state index in [1.165, 1.54) is 22.3 Å². The minimum Gasteiger partial charge on any atom is -0.361 e. The fourth-order valence-corrected chi connectivity index (χ4v) is 3.91. The van der Waals surface area contributed by atoms with E-state index >= 15 is 0 Å². The second-order valence-electron chi connectivity index (χ2n) is 6.62. The molecule has 25 heavy (non-hydrogen) atoms. The van der Waals surface area contributed by atoms with Gasteiger partial charge in [-0.05, 0) is 40.8 Å².